The fourth-order valence-electron chi connectivity index (χ4n) is 5.29. The number of pyridine rings is 1. The van der Waals surface area contributed by atoms with Gasteiger partial charge in [-0.05, 0) is 25.0 Å². The van der Waals surface area contributed by atoms with Crippen molar-refractivity contribution < 1.29 is 19.1 Å². The van der Waals surface area contributed by atoms with Crippen molar-refractivity contribution in [1.29, 1.82) is 0 Å². The molecule has 0 aliphatic carbocycles. The summed E-state index contributed by atoms with van der Waals surface area (Å²) in [5.74, 6) is -1.78. The number of benzene rings is 1. The van der Waals surface area contributed by atoms with Crippen LogP contribution in [0.2, 0.25) is 0 Å². The lowest BCUT2D eigenvalue weighted by Gasteiger charge is -2.36. The summed E-state index contributed by atoms with van der Waals surface area (Å²) in [5, 5.41) is 0.962. The molecule has 0 N–H and O–H groups in total. The van der Waals surface area contributed by atoms with Crippen LogP contribution in [0.3, 0.4) is 0 Å². The maximum atomic E-state index is 13.3. The Morgan fingerprint density at radius 1 is 1.17 bits per heavy atom. The molecule has 4 heterocycles. The number of anilines is 1. The predicted molar refractivity (Wildman–Crippen MR) is 112 cm³/mol. The molecule has 5 rings (SSSR count). The second-order valence-corrected chi connectivity index (χ2v) is 8.12. The first kappa shape index (κ1) is 18.9. The van der Waals surface area contributed by atoms with Crippen molar-refractivity contribution >= 4 is 40.3 Å². The fourth-order valence-corrected chi connectivity index (χ4v) is 5.29. The van der Waals surface area contributed by atoms with E-state index in [-0.39, 0.29) is 23.6 Å². The van der Waals surface area contributed by atoms with Gasteiger partial charge in [0.2, 0.25) is 11.8 Å². The van der Waals surface area contributed by atoms with E-state index in [2.05, 4.69) is 4.98 Å². The van der Waals surface area contributed by atoms with Gasteiger partial charge < -0.3 is 9.64 Å². The molecule has 2 fully saturated rings. The lowest BCUT2D eigenvalue weighted by atomic mass is 9.88. The van der Waals surface area contributed by atoms with Crippen LogP contribution >= 0.6 is 0 Å². The summed E-state index contributed by atoms with van der Waals surface area (Å²) in [6, 6.07) is 6.82. The van der Waals surface area contributed by atoms with Gasteiger partial charge in [0.05, 0.1) is 29.1 Å². The van der Waals surface area contributed by atoms with E-state index in [9.17, 15) is 14.4 Å². The van der Waals surface area contributed by atoms with E-state index in [1.807, 2.05) is 41.3 Å². The molecule has 1 aromatic heterocycles. The lowest BCUT2D eigenvalue weighted by Crippen LogP contribution is -2.48. The van der Waals surface area contributed by atoms with Gasteiger partial charge in [-0.25, -0.2) is 0 Å². The maximum Gasteiger partial charge on any atom is 0.235 e. The van der Waals surface area contributed by atoms with Gasteiger partial charge in [-0.2, -0.15) is 0 Å². The summed E-state index contributed by atoms with van der Waals surface area (Å²) in [6.07, 6.45) is 6.25. The van der Waals surface area contributed by atoms with Crippen molar-refractivity contribution in [3.05, 3.63) is 42.1 Å². The average Bonchev–Trinajstić information content (AvgIpc) is 3.22. The van der Waals surface area contributed by atoms with Crippen LogP contribution in [0.5, 0.6) is 0 Å². The molecule has 0 radical (unpaired) electrons. The highest BCUT2D eigenvalue weighted by atomic mass is 16.5. The minimum Gasteiger partial charge on any atom is -0.385 e. The first-order valence-corrected chi connectivity index (χ1v) is 10.2. The predicted octanol–water partition coefficient (Wildman–Crippen LogP) is 2.05. The van der Waals surface area contributed by atoms with Crippen molar-refractivity contribution in [3.63, 3.8) is 0 Å². The SMILES string of the molecule is COCCCN1C(=O)[C@@H]2[C@H](C1=O)[C@H](C(C)=O)N1c3c(ccc4cccnc34)C=C[C@H]21. The molecule has 0 unspecified atom stereocenters. The minimum atomic E-state index is -0.680. The molecule has 2 amide bonds. The second-order valence-electron chi connectivity index (χ2n) is 8.12. The molecule has 2 aromatic rings. The van der Waals surface area contributed by atoms with E-state index in [1.54, 1.807) is 13.3 Å². The van der Waals surface area contributed by atoms with Crippen LogP contribution in [0.15, 0.2) is 36.5 Å². The maximum absolute atomic E-state index is 13.3. The van der Waals surface area contributed by atoms with Gasteiger partial charge in [-0.15, -0.1) is 0 Å². The molecule has 4 atom stereocenters. The van der Waals surface area contributed by atoms with Crippen molar-refractivity contribution in [1.82, 2.24) is 9.88 Å². The molecule has 3 aliphatic rings. The molecule has 2 saturated heterocycles. The minimum absolute atomic E-state index is 0.110. The Hall–Kier alpha value is -3.06. The Balaban J connectivity index is 1.62. The van der Waals surface area contributed by atoms with E-state index in [0.717, 1.165) is 22.2 Å². The standard InChI is InChI=1S/C23H23N3O4/c1-13(27)20-18-17(22(28)25(23(18)29)11-4-12-30-2)16-9-8-15-7-6-14-5-3-10-24-19(14)21(15)26(16)20/h3,5-10,16-18,20H,4,11-12H2,1-2H3/t16-,17+,18+,20+/m1/s1. The summed E-state index contributed by atoms with van der Waals surface area (Å²) < 4.78 is 5.06. The zero-order chi connectivity index (χ0) is 21.0. The van der Waals surface area contributed by atoms with Crippen LogP contribution in [0, 0.1) is 11.8 Å². The Labute approximate surface area is 174 Å². The number of imide groups is 1. The normalized spacial score (nSPS) is 26.9. The molecule has 0 bridgehead atoms. The molecule has 3 aliphatic heterocycles. The van der Waals surface area contributed by atoms with E-state index in [1.165, 1.54) is 11.8 Å². The third kappa shape index (κ3) is 2.55. The molecule has 7 heteroatoms. The van der Waals surface area contributed by atoms with Crippen molar-refractivity contribution in [2.24, 2.45) is 11.8 Å². The topological polar surface area (TPSA) is 79.8 Å². The highest BCUT2D eigenvalue weighted by Gasteiger charge is 2.63. The number of aromatic nitrogens is 1. The van der Waals surface area contributed by atoms with Gasteiger partial charge in [0.15, 0.2) is 5.78 Å². The second kappa shape index (κ2) is 7.02. The molecule has 0 saturated carbocycles. The molecule has 1 aromatic carbocycles. The van der Waals surface area contributed by atoms with E-state index in [4.69, 9.17) is 4.74 Å². The van der Waals surface area contributed by atoms with Crippen LogP contribution < -0.4 is 4.90 Å². The fraction of sp³-hybridized carbons (Fsp3) is 0.391. The molecular formula is C23H23N3O4. The average molecular weight is 405 g/mol. The van der Waals surface area contributed by atoms with Crippen molar-refractivity contribution in [2.75, 3.05) is 25.2 Å². The van der Waals surface area contributed by atoms with Crippen LogP contribution in [-0.4, -0.2) is 59.8 Å². The Morgan fingerprint density at radius 2 is 1.97 bits per heavy atom. The highest BCUT2D eigenvalue weighted by Crippen LogP contribution is 2.49. The molecule has 0 spiro atoms. The summed E-state index contributed by atoms with van der Waals surface area (Å²) in [5.41, 5.74) is 2.56. The van der Waals surface area contributed by atoms with Crippen LogP contribution in [0.25, 0.3) is 17.0 Å². The largest absolute Gasteiger partial charge is 0.385 e. The van der Waals surface area contributed by atoms with Gasteiger partial charge in [0.25, 0.3) is 0 Å². The highest BCUT2D eigenvalue weighted by molar-refractivity contribution is 6.12. The Bertz CT molecular complexity index is 1100. The van der Waals surface area contributed by atoms with Crippen LogP contribution in [0.4, 0.5) is 5.69 Å². The zero-order valence-corrected chi connectivity index (χ0v) is 16.9. The molecule has 30 heavy (non-hydrogen) atoms. The van der Waals surface area contributed by atoms with E-state index in [0.29, 0.717) is 19.6 Å². The van der Waals surface area contributed by atoms with E-state index < -0.39 is 17.9 Å². The zero-order valence-electron chi connectivity index (χ0n) is 16.9. The molecular weight excluding hydrogens is 382 g/mol. The molecule has 154 valence electrons. The third-order valence-corrected chi connectivity index (χ3v) is 6.48. The number of rotatable bonds is 5. The van der Waals surface area contributed by atoms with Gasteiger partial charge in [0.1, 0.15) is 6.04 Å². The number of ether oxygens (including phenoxy) is 1. The van der Waals surface area contributed by atoms with Gasteiger partial charge in [-0.3, -0.25) is 24.3 Å². The van der Waals surface area contributed by atoms with Gasteiger partial charge in [-0.1, -0.05) is 30.4 Å². The summed E-state index contributed by atoms with van der Waals surface area (Å²) >= 11 is 0. The smallest absolute Gasteiger partial charge is 0.235 e. The number of nitrogens with zero attached hydrogens (tertiary/aromatic N) is 3. The number of methoxy groups -OCH3 is 1. The number of amides is 2. The number of carbonyl (C=O) groups excluding carboxylic acids is 3. The lowest BCUT2D eigenvalue weighted by molar-refractivity contribution is -0.141. The number of hydrogen-bond donors (Lipinski definition) is 0. The first-order chi connectivity index (χ1) is 14.5. The van der Waals surface area contributed by atoms with Crippen molar-refractivity contribution in [3.8, 4) is 0 Å². The number of likely N-dealkylation sites (tertiary alicyclic amines) is 1. The number of fused-ring (bicyclic) bond motifs is 7. The number of ketones is 1. The number of Topliss-reactive ketones (excluding diaryl/α,β-unsaturated/α-hetero) is 1. The number of carbonyl (C=O) groups is 3. The molecule has 7 nitrogen and oxygen atoms in total. The summed E-state index contributed by atoms with van der Waals surface area (Å²) in [7, 11) is 1.59. The summed E-state index contributed by atoms with van der Waals surface area (Å²) in [6.45, 7) is 2.30. The first-order valence-electron chi connectivity index (χ1n) is 10.2. The van der Waals surface area contributed by atoms with Crippen LogP contribution in [-0.2, 0) is 19.1 Å². The quantitative estimate of drug-likeness (QED) is 0.560. The Kier molecular flexibility index (Phi) is 4.43. The van der Waals surface area contributed by atoms with Crippen molar-refractivity contribution in [2.45, 2.75) is 25.4 Å². The van der Waals surface area contributed by atoms with Gasteiger partial charge >= 0.3 is 0 Å². The van der Waals surface area contributed by atoms with Crippen LogP contribution in [0.1, 0.15) is 18.9 Å². The van der Waals surface area contributed by atoms with Gasteiger partial charge in [0, 0.05) is 31.8 Å². The van der Waals surface area contributed by atoms with E-state index >= 15 is 0 Å². The number of hydrogen-bond acceptors (Lipinski definition) is 6. The third-order valence-electron chi connectivity index (χ3n) is 6.48. The summed E-state index contributed by atoms with van der Waals surface area (Å²) in [4.78, 5) is 47.2. The Morgan fingerprint density at radius 3 is 2.73 bits per heavy atom. The monoisotopic (exact) mass is 405 g/mol.